The van der Waals surface area contributed by atoms with Gasteiger partial charge in [0, 0.05) is 0 Å². The number of halogens is 2. The number of benzene rings is 3. The van der Waals surface area contributed by atoms with Crippen LogP contribution in [-0.4, -0.2) is 24.5 Å². The van der Waals surface area contributed by atoms with E-state index in [9.17, 15) is 18.8 Å². The summed E-state index contributed by atoms with van der Waals surface area (Å²) in [7, 11) is 0. The van der Waals surface area contributed by atoms with Gasteiger partial charge >= 0.3 is 6.03 Å². The van der Waals surface area contributed by atoms with Crippen molar-refractivity contribution in [3.05, 3.63) is 93.3 Å². The predicted molar refractivity (Wildman–Crippen MR) is 138 cm³/mol. The number of aryl methyl sites for hydroxylation is 2. The van der Waals surface area contributed by atoms with Crippen molar-refractivity contribution >= 4 is 41.2 Å². The molecule has 1 heterocycles. The molecular weight excluding hydrogens is 499 g/mol. The van der Waals surface area contributed by atoms with Crippen LogP contribution in [0.25, 0.3) is 6.08 Å². The molecule has 1 saturated heterocycles. The van der Waals surface area contributed by atoms with Crippen LogP contribution in [0.3, 0.4) is 0 Å². The summed E-state index contributed by atoms with van der Waals surface area (Å²) in [6.07, 6.45) is 1.35. The lowest BCUT2D eigenvalue weighted by Gasteiger charge is -2.27. The number of urea groups is 1. The number of hydrogen-bond donors (Lipinski definition) is 1. The summed E-state index contributed by atoms with van der Waals surface area (Å²) in [5.41, 5.74) is 2.95. The average Bonchev–Trinajstić information content (AvgIpc) is 2.84. The van der Waals surface area contributed by atoms with E-state index in [1.54, 1.807) is 44.2 Å². The van der Waals surface area contributed by atoms with Crippen molar-refractivity contribution in [2.45, 2.75) is 27.4 Å². The van der Waals surface area contributed by atoms with E-state index in [2.05, 4.69) is 5.32 Å². The Morgan fingerprint density at radius 3 is 2.41 bits per heavy atom. The van der Waals surface area contributed by atoms with E-state index in [0.29, 0.717) is 29.2 Å². The van der Waals surface area contributed by atoms with Gasteiger partial charge in [0.1, 0.15) is 18.0 Å². The van der Waals surface area contributed by atoms with Crippen LogP contribution in [0.2, 0.25) is 5.02 Å². The molecule has 0 saturated carbocycles. The lowest BCUT2D eigenvalue weighted by atomic mass is 10.0. The van der Waals surface area contributed by atoms with E-state index in [4.69, 9.17) is 21.1 Å². The first kappa shape index (κ1) is 25.9. The van der Waals surface area contributed by atoms with E-state index in [1.165, 1.54) is 24.3 Å². The summed E-state index contributed by atoms with van der Waals surface area (Å²) in [5.74, 6) is -1.36. The monoisotopic (exact) mass is 522 g/mol. The molecule has 1 aliphatic heterocycles. The molecule has 0 unspecified atom stereocenters. The maximum atomic E-state index is 13.3. The first-order valence-corrected chi connectivity index (χ1v) is 11.9. The van der Waals surface area contributed by atoms with Crippen molar-refractivity contribution < 1.29 is 28.2 Å². The minimum absolute atomic E-state index is 0.119. The van der Waals surface area contributed by atoms with Crippen molar-refractivity contribution in [3.8, 4) is 11.5 Å². The minimum atomic E-state index is -0.823. The highest BCUT2D eigenvalue weighted by Gasteiger charge is 2.37. The van der Waals surface area contributed by atoms with Crippen molar-refractivity contribution in [3.63, 3.8) is 0 Å². The molecule has 0 aromatic heterocycles. The van der Waals surface area contributed by atoms with Gasteiger partial charge in [-0.3, -0.25) is 14.9 Å². The molecule has 190 valence electrons. The molecule has 37 heavy (non-hydrogen) atoms. The first-order valence-electron chi connectivity index (χ1n) is 11.5. The first-order chi connectivity index (χ1) is 17.7. The number of anilines is 1. The fraction of sp³-hybridized carbons (Fsp3) is 0.179. The van der Waals surface area contributed by atoms with Gasteiger partial charge in [0.05, 0.1) is 17.3 Å². The summed E-state index contributed by atoms with van der Waals surface area (Å²) in [4.78, 5) is 39.4. The highest BCUT2D eigenvalue weighted by molar-refractivity contribution is 6.39. The van der Waals surface area contributed by atoms with E-state index >= 15 is 0 Å². The predicted octanol–water partition coefficient (Wildman–Crippen LogP) is 5.74. The third-order valence-electron chi connectivity index (χ3n) is 5.63. The number of carbonyl (C=O) groups is 3. The van der Waals surface area contributed by atoms with Crippen LogP contribution in [0.5, 0.6) is 11.5 Å². The number of nitrogens with one attached hydrogen (secondary N) is 1. The molecule has 4 amide bonds. The topological polar surface area (TPSA) is 84.9 Å². The molecule has 3 aromatic rings. The Morgan fingerprint density at radius 2 is 1.73 bits per heavy atom. The molecule has 0 aliphatic carbocycles. The van der Waals surface area contributed by atoms with Crippen LogP contribution in [0.1, 0.15) is 29.2 Å². The van der Waals surface area contributed by atoms with Crippen molar-refractivity contribution in [2.75, 3.05) is 11.5 Å². The summed E-state index contributed by atoms with van der Waals surface area (Å²) in [6.45, 7) is 5.89. The zero-order valence-corrected chi connectivity index (χ0v) is 21.2. The Morgan fingerprint density at radius 1 is 1.00 bits per heavy atom. The molecule has 7 nitrogen and oxygen atoms in total. The molecule has 1 fully saturated rings. The fourth-order valence-corrected chi connectivity index (χ4v) is 4.18. The average molecular weight is 523 g/mol. The second kappa shape index (κ2) is 10.8. The van der Waals surface area contributed by atoms with E-state index in [1.807, 2.05) is 13.0 Å². The smallest absolute Gasteiger partial charge is 0.335 e. The Labute approximate surface area is 218 Å². The van der Waals surface area contributed by atoms with Crippen molar-refractivity contribution in [1.29, 1.82) is 0 Å². The molecule has 4 rings (SSSR count). The van der Waals surface area contributed by atoms with Crippen LogP contribution < -0.4 is 19.7 Å². The van der Waals surface area contributed by atoms with Crippen LogP contribution in [-0.2, 0) is 16.2 Å². The molecule has 3 aromatic carbocycles. The highest BCUT2D eigenvalue weighted by atomic mass is 35.5. The third kappa shape index (κ3) is 5.65. The molecule has 1 aliphatic rings. The van der Waals surface area contributed by atoms with Crippen LogP contribution >= 0.6 is 11.6 Å². The Balaban J connectivity index is 1.67. The summed E-state index contributed by atoms with van der Waals surface area (Å²) < 4.78 is 24.7. The molecule has 9 heteroatoms. The molecule has 0 bridgehead atoms. The standard InChI is InChI=1S/C28H24ClFN2O5/c1-4-36-24-14-19(13-22(29)25(24)37-15-18-6-8-20(30)9-7-18)12-21-26(33)31-28(35)32(27(21)34)23-10-5-16(2)11-17(23)3/h5-14H,4,15H2,1-3H3,(H,31,33,35)/b21-12+. The number of carbonyl (C=O) groups excluding carboxylic acids is 3. The quantitative estimate of drug-likeness (QED) is 0.316. The van der Waals surface area contributed by atoms with Gasteiger partial charge in [-0.05, 0) is 73.9 Å². The van der Waals surface area contributed by atoms with Crippen LogP contribution in [0, 0.1) is 19.7 Å². The van der Waals surface area contributed by atoms with Crippen LogP contribution in [0.15, 0.2) is 60.2 Å². The lowest BCUT2D eigenvalue weighted by Crippen LogP contribution is -2.54. The van der Waals surface area contributed by atoms with Gasteiger partial charge in [-0.2, -0.15) is 0 Å². The zero-order chi connectivity index (χ0) is 26.7. The molecule has 0 atom stereocenters. The van der Waals surface area contributed by atoms with E-state index in [0.717, 1.165) is 16.0 Å². The van der Waals surface area contributed by atoms with Gasteiger partial charge in [0.15, 0.2) is 11.5 Å². The number of barbiturate groups is 1. The Kier molecular flexibility index (Phi) is 7.59. The van der Waals surface area contributed by atoms with E-state index in [-0.39, 0.29) is 28.8 Å². The van der Waals surface area contributed by atoms with Crippen molar-refractivity contribution in [2.24, 2.45) is 0 Å². The van der Waals surface area contributed by atoms with Crippen molar-refractivity contribution in [1.82, 2.24) is 5.32 Å². The summed E-state index contributed by atoms with van der Waals surface area (Å²) in [6, 6.07) is 13.4. The van der Waals surface area contributed by atoms with Gasteiger partial charge in [0.2, 0.25) is 0 Å². The molecular formula is C28H24ClFN2O5. The minimum Gasteiger partial charge on any atom is -0.490 e. The highest BCUT2D eigenvalue weighted by Crippen LogP contribution is 2.38. The number of amides is 4. The number of hydrogen-bond acceptors (Lipinski definition) is 5. The lowest BCUT2D eigenvalue weighted by molar-refractivity contribution is -0.122. The maximum absolute atomic E-state index is 13.3. The number of nitrogens with zero attached hydrogens (tertiary/aromatic N) is 1. The van der Waals surface area contributed by atoms with E-state index < -0.39 is 17.8 Å². The Hall–Kier alpha value is -4.17. The van der Waals surface area contributed by atoms with Gasteiger partial charge in [-0.1, -0.05) is 41.4 Å². The van der Waals surface area contributed by atoms with Gasteiger partial charge < -0.3 is 9.47 Å². The Bertz CT molecular complexity index is 1420. The van der Waals surface area contributed by atoms with Gasteiger partial charge in [0.25, 0.3) is 11.8 Å². The number of ether oxygens (including phenoxy) is 2. The zero-order valence-electron chi connectivity index (χ0n) is 20.4. The third-order valence-corrected chi connectivity index (χ3v) is 5.91. The number of rotatable bonds is 7. The van der Waals surface area contributed by atoms with Gasteiger partial charge in [-0.15, -0.1) is 0 Å². The summed E-state index contributed by atoms with van der Waals surface area (Å²) >= 11 is 6.49. The fourth-order valence-electron chi connectivity index (χ4n) is 3.91. The van der Waals surface area contributed by atoms with Gasteiger partial charge in [-0.25, -0.2) is 14.1 Å². The summed E-state index contributed by atoms with van der Waals surface area (Å²) in [5, 5.41) is 2.41. The molecule has 0 radical (unpaired) electrons. The normalized spacial score (nSPS) is 14.7. The van der Waals surface area contributed by atoms with Crippen LogP contribution in [0.4, 0.5) is 14.9 Å². The second-order valence-corrected chi connectivity index (χ2v) is 8.83. The molecule has 1 N–H and O–H groups in total. The molecule has 0 spiro atoms. The SMILES string of the molecule is CCOc1cc(/C=C2\C(=O)NC(=O)N(c3ccc(C)cc3C)C2=O)cc(Cl)c1OCc1ccc(F)cc1. The second-order valence-electron chi connectivity index (χ2n) is 8.43. The number of imide groups is 2. The largest absolute Gasteiger partial charge is 0.490 e. The maximum Gasteiger partial charge on any atom is 0.335 e.